The summed E-state index contributed by atoms with van der Waals surface area (Å²) in [6.07, 6.45) is 15.5. The number of ether oxygens (including phenoxy) is 1. The Labute approximate surface area is 338 Å². The number of nitro benzene ring substituents is 1. The number of nitro groups is 1. The summed E-state index contributed by atoms with van der Waals surface area (Å²) in [4.78, 5) is 32.8. The number of carbonyl (C=O) groups excluding carboxylic acids is 2. The quantitative estimate of drug-likeness (QED) is 0.0153. The van der Waals surface area contributed by atoms with Crippen molar-refractivity contribution in [3.8, 4) is 5.75 Å². The number of carbonyl (C=O) groups is 2. The number of rotatable bonds is 35. The summed E-state index contributed by atoms with van der Waals surface area (Å²) in [6, 6.07) is 5.43. The number of aliphatic hydroxyl groups excluding tert-OH is 1. The van der Waals surface area contributed by atoms with Gasteiger partial charge in [0.05, 0.1) is 4.92 Å². The van der Waals surface area contributed by atoms with Gasteiger partial charge in [-0.15, -0.1) is 0 Å². The van der Waals surface area contributed by atoms with Gasteiger partial charge >= 0.3 is 5.97 Å². The first kappa shape index (κ1) is 57.5. The largest absolute Gasteiger partial charge is 0.427 e. The summed E-state index contributed by atoms with van der Waals surface area (Å²) in [5.74, 6) is 0.158. The number of esters is 1. The van der Waals surface area contributed by atoms with Gasteiger partial charge in [0.15, 0.2) is 0 Å². The first-order valence-electron chi connectivity index (χ1n) is 20.9. The molecule has 17 heteroatoms. The van der Waals surface area contributed by atoms with Crippen LogP contribution in [0.25, 0.3) is 0 Å². The minimum Gasteiger partial charge on any atom is -0.427 e. The Balaban J connectivity index is -0.000000752. The summed E-state index contributed by atoms with van der Waals surface area (Å²) < 4.78 is 5.04. The van der Waals surface area contributed by atoms with Crippen LogP contribution in [0.4, 0.5) is 5.69 Å². The van der Waals surface area contributed by atoms with Crippen molar-refractivity contribution in [1.82, 2.24) is 26.6 Å². The standard InChI is InChI=1S/C16H37N5O.C12H16N2O4.C10H26N4.CH4O/c17-9-3-1-2-8-16(22)21-15-7-14-20-12-5-4-11-19-13-6-10-18;13-9-3-1-2-4-12(15)18-11-7-5-10(6-8-11)14(16)17;11-5-3-9-13-7-1-2-8-14-10-4-6-12;1-2/h19-20H,1-15,17-18H2,(H,21,22);5-8H,1-4,9,13H2;13-14H,1-12H2;2H,1H3. The maximum absolute atomic E-state index is 11.5. The van der Waals surface area contributed by atoms with E-state index in [0.29, 0.717) is 25.1 Å². The van der Waals surface area contributed by atoms with E-state index in [1.165, 1.54) is 49.9 Å². The van der Waals surface area contributed by atoms with Gasteiger partial charge < -0.3 is 65.1 Å². The molecule has 0 aliphatic heterocycles. The highest BCUT2D eigenvalue weighted by atomic mass is 16.6. The molecule has 0 aliphatic carbocycles. The number of aliphatic hydroxyl groups is 1. The molecule has 16 N–H and O–H groups in total. The minimum atomic E-state index is -0.502. The van der Waals surface area contributed by atoms with Crippen molar-refractivity contribution in [2.75, 3.05) is 98.7 Å². The molecule has 0 unspecified atom stereocenters. The lowest BCUT2D eigenvalue weighted by molar-refractivity contribution is -0.384. The van der Waals surface area contributed by atoms with Crippen molar-refractivity contribution in [3.05, 3.63) is 34.4 Å². The fraction of sp³-hybridized carbons (Fsp3) is 0.795. The van der Waals surface area contributed by atoms with Gasteiger partial charge in [-0.1, -0.05) is 12.8 Å². The topological polar surface area (TPSA) is 297 Å². The first-order chi connectivity index (χ1) is 27.4. The second-order valence-electron chi connectivity index (χ2n) is 13.0. The number of hydrogen-bond donors (Lipinski definition) is 11. The van der Waals surface area contributed by atoms with Crippen LogP contribution in [0.2, 0.25) is 0 Å². The van der Waals surface area contributed by atoms with Crippen LogP contribution >= 0.6 is 0 Å². The van der Waals surface area contributed by atoms with Gasteiger partial charge in [0.2, 0.25) is 5.91 Å². The zero-order valence-corrected chi connectivity index (χ0v) is 34.8. The number of benzene rings is 1. The van der Waals surface area contributed by atoms with Crippen LogP contribution in [0.15, 0.2) is 24.3 Å². The third kappa shape index (κ3) is 47.3. The van der Waals surface area contributed by atoms with E-state index in [9.17, 15) is 19.7 Å². The molecule has 1 amide bonds. The van der Waals surface area contributed by atoms with Crippen molar-refractivity contribution in [2.24, 2.45) is 28.7 Å². The molecule has 330 valence electrons. The highest BCUT2D eigenvalue weighted by Crippen LogP contribution is 2.18. The monoisotopic (exact) mass is 802 g/mol. The summed E-state index contributed by atoms with van der Waals surface area (Å²) in [5.41, 5.74) is 26.9. The molecule has 0 aromatic heterocycles. The highest BCUT2D eigenvalue weighted by Gasteiger charge is 2.08. The number of non-ortho nitro benzene ring substituents is 1. The zero-order chi connectivity index (χ0) is 42.2. The van der Waals surface area contributed by atoms with E-state index in [2.05, 4.69) is 26.6 Å². The number of nitrogens with two attached hydrogens (primary N) is 5. The average Bonchev–Trinajstić information content (AvgIpc) is 3.21. The molecule has 1 aromatic rings. The number of nitrogens with zero attached hydrogens (tertiary/aromatic N) is 1. The Morgan fingerprint density at radius 1 is 0.536 bits per heavy atom. The predicted octanol–water partition coefficient (Wildman–Crippen LogP) is 1.59. The second-order valence-corrected chi connectivity index (χ2v) is 13.0. The molecule has 0 heterocycles. The van der Waals surface area contributed by atoms with Crippen molar-refractivity contribution in [3.63, 3.8) is 0 Å². The summed E-state index contributed by atoms with van der Waals surface area (Å²) >= 11 is 0. The van der Waals surface area contributed by atoms with E-state index in [1.54, 1.807) is 0 Å². The van der Waals surface area contributed by atoms with E-state index in [0.717, 1.165) is 156 Å². The fourth-order valence-corrected chi connectivity index (χ4v) is 4.73. The molecule has 0 bridgehead atoms. The smallest absolute Gasteiger partial charge is 0.311 e. The lowest BCUT2D eigenvalue weighted by atomic mass is 10.2. The van der Waals surface area contributed by atoms with Crippen LogP contribution in [-0.2, 0) is 9.59 Å². The van der Waals surface area contributed by atoms with Gasteiger partial charge in [0, 0.05) is 38.6 Å². The van der Waals surface area contributed by atoms with E-state index < -0.39 is 4.92 Å². The molecule has 1 rings (SSSR count). The molecule has 0 saturated heterocycles. The minimum absolute atomic E-state index is 0.0299. The summed E-state index contributed by atoms with van der Waals surface area (Å²) in [5, 5.41) is 33.9. The van der Waals surface area contributed by atoms with Crippen LogP contribution < -0.4 is 60.0 Å². The van der Waals surface area contributed by atoms with Gasteiger partial charge in [0.1, 0.15) is 5.75 Å². The van der Waals surface area contributed by atoms with Gasteiger partial charge in [0.25, 0.3) is 5.69 Å². The molecular formula is C39H83N11O6. The van der Waals surface area contributed by atoms with E-state index in [1.807, 2.05) is 0 Å². The molecular weight excluding hydrogens is 718 g/mol. The van der Waals surface area contributed by atoms with E-state index in [4.69, 9.17) is 38.5 Å². The summed E-state index contributed by atoms with van der Waals surface area (Å²) in [6.45, 7) is 12.9. The number of amides is 1. The van der Waals surface area contributed by atoms with Gasteiger partial charge in [-0.3, -0.25) is 19.7 Å². The predicted molar refractivity (Wildman–Crippen MR) is 231 cm³/mol. The Morgan fingerprint density at radius 3 is 1.30 bits per heavy atom. The lowest BCUT2D eigenvalue weighted by Gasteiger charge is -2.07. The molecule has 0 fully saturated rings. The molecule has 0 spiro atoms. The third-order valence-electron chi connectivity index (χ3n) is 7.91. The second kappa shape index (κ2) is 50.2. The Kier molecular flexibility index (Phi) is 51.5. The van der Waals surface area contributed by atoms with Gasteiger partial charge in [-0.2, -0.15) is 0 Å². The van der Waals surface area contributed by atoms with E-state index >= 15 is 0 Å². The highest BCUT2D eigenvalue weighted by molar-refractivity contribution is 5.75. The molecule has 0 atom stereocenters. The normalized spacial score (nSPS) is 10.3. The van der Waals surface area contributed by atoms with Crippen molar-refractivity contribution >= 4 is 17.6 Å². The number of nitrogens with one attached hydrogen (secondary N) is 5. The van der Waals surface area contributed by atoms with Crippen LogP contribution in [0.1, 0.15) is 103 Å². The molecule has 56 heavy (non-hydrogen) atoms. The SMILES string of the molecule is CO.NCCCCCC(=O)NCCCNCCCCNCCCN.NCCCCCC(=O)Oc1ccc([N+](=O)[O-])cc1.NCCCNCCCCNCCCN. The molecule has 0 radical (unpaired) electrons. The Bertz CT molecular complexity index is 954. The average molecular weight is 802 g/mol. The Morgan fingerprint density at radius 2 is 0.911 bits per heavy atom. The lowest BCUT2D eigenvalue weighted by Crippen LogP contribution is -2.27. The maximum Gasteiger partial charge on any atom is 0.311 e. The molecule has 17 nitrogen and oxygen atoms in total. The third-order valence-corrected chi connectivity index (χ3v) is 7.91. The Hall–Kier alpha value is -2.84. The number of hydrogen-bond acceptors (Lipinski definition) is 15. The van der Waals surface area contributed by atoms with E-state index in [-0.39, 0.29) is 17.6 Å². The first-order valence-corrected chi connectivity index (χ1v) is 20.9. The fourth-order valence-electron chi connectivity index (χ4n) is 4.73. The van der Waals surface area contributed by atoms with Crippen molar-refractivity contribution in [1.29, 1.82) is 0 Å². The summed E-state index contributed by atoms with van der Waals surface area (Å²) in [7, 11) is 1.00. The van der Waals surface area contributed by atoms with Crippen LogP contribution in [0, 0.1) is 10.1 Å². The van der Waals surface area contributed by atoms with Crippen molar-refractivity contribution in [2.45, 2.75) is 103 Å². The number of unbranched alkanes of at least 4 members (excludes halogenated alkanes) is 6. The van der Waals surface area contributed by atoms with Crippen LogP contribution in [0.3, 0.4) is 0 Å². The van der Waals surface area contributed by atoms with Gasteiger partial charge in [-0.05, 0) is 174 Å². The van der Waals surface area contributed by atoms with Crippen molar-refractivity contribution < 1.29 is 24.4 Å². The molecule has 1 aromatic carbocycles. The van der Waals surface area contributed by atoms with Crippen LogP contribution in [-0.4, -0.2) is 121 Å². The zero-order valence-electron chi connectivity index (χ0n) is 34.8. The maximum atomic E-state index is 11.5. The van der Waals surface area contributed by atoms with Crippen LogP contribution in [0.5, 0.6) is 5.75 Å². The molecule has 0 saturated carbocycles. The molecule has 0 aliphatic rings. The van der Waals surface area contributed by atoms with Gasteiger partial charge in [-0.25, -0.2) is 0 Å².